The van der Waals surface area contributed by atoms with E-state index in [0.717, 1.165) is 210 Å². The van der Waals surface area contributed by atoms with Crippen LogP contribution in [-0.2, 0) is 19.2 Å². The van der Waals surface area contributed by atoms with Crippen molar-refractivity contribution in [3.8, 4) is 45.0 Å². The van der Waals surface area contributed by atoms with E-state index in [2.05, 4.69) is 134 Å². The van der Waals surface area contributed by atoms with Crippen molar-refractivity contribution >= 4 is 163 Å². The molecular formula is C101H115N27O8S4. The molecule has 39 heteroatoms. The summed E-state index contributed by atoms with van der Waals surface area (Å²) in [6.45, 7) is 24.7. The molecule has 12 aromatic rings. The number of hydrogen-bond acceptors (Lipinski definition) is 27. The van der Waals surface area contributed by atoms with Crippen LogP contribution in [0.2, 0.25) is 0 Å². The highest BCUT2D eigenvalue weighted by Crippen LogP contribution is 2.40. The normalized spacial score (nSPS) is 17.6. The monoisotopic (exact) mass is 1960 g/mol. The Morgan fingerprint density at radius 1 is 0.400 bits per heavy atom. The molecule has 12 aromatic heterocycles. The first-order chi connectivity index (χ1) is 67.3. The number of carbonyl (C=O) groups is 8. The Morgan fingerprint density at radius 2 is 0.700 bits per heavy atom. The quantitative estimate of drug-likeness (QED) is 0.0170. The third-order valence-electron chi connectivity index (χ3n) is 24.5. The first kappa shape index (κ1) is 96.3. The van der Waals surface area contributed by atoms with E-state index in [9.17, 15) is 38.4 Å². The summed E-state index contributed by atoms with van der Waals surface area (Å²) in [7, 11) is 14.0. The largest absolute Gasteiger partial charge is 0.367 e. The Morgan fingerprint density at radius 3 is 1.00 bits per heavy atom. The lowest BCUT2D eigenvalue weighted by Gasteiger charge is -2.28. The number of hydrogen-bond donors (Lipinski definition) is 11. The maximum absolute atomic E-state index is 13.0. The Kier molecular flexibility index (Phi) is 28.4. The smallest absolute Gasteiger partial charge is 0.263 e. The van der Waals surface area contributed by atoms with Crippen LogP contribution in [0, 0.1) is 5.41 Å². The van der Waals surface area contributed by atoms with Gasteiger partial charge in [-0.15, -0.1) is 45.3 Å². The number of anilines is 4. The molecule has 5 saturated carbocycles. The second-order valence-electron chi connectivity index (χ2n) is 38.5. The van der Waals surface area contributed by atoms with Gasteiger partial charge in [0.1, 0.15) is 23.3 Å². The summed E-state index contributed by atoms with van der Waals surface area (Å²) in [4.78, 5) is 128. The highest BCUT2D eigenvalue weighted by molar-refractivity contribution is 7.13. The first-order valence-corrected chi connectivity index (χ1v) is 50.6. The number of amides is 8. The lowest BCUT2D eigenvalue weighted by molar-refractivity contribution is -0.119. The fraction of sp³-hybridized carbons (Fsp3) is 0.366. The van der Waals surface area contributed by atoms with Crippen LogP contribution in [0.4, 0.5) is 23.3 Å². The molecule has 140 heavy (non-hydrogen) atoms. The summed E-state index contributed by atoms with van der Waals surface area (Å²) in [6.07, 6.45) is 28.9. The van der Waals surface area contributed by atoms with E-state index in [1.165, 1.54) is 45.3 Å². The standard InChI is InChI=1S/C27H33N7O2S.C26H31N7O2S.C25H29N7O2S.C23H22N6O2S/c1-16-17(10-24(35)30-16)8-18-12-29-34-23(31-20-6-7-20)11-21(32-25(18)34)19-9-22(37-13-19)26(36)28-14-27(2,3)15-33(4)5;1-16-17(12-24(34)28-16)10-18-14-27-33-23(29-20-6-7-20)13-21(30-25(18)33)19-11-22(36-15-19)26(35)32(4)9-5-8-31(2)3;1-15-16(11-23(33)28-15)9-17-13-27-32-22(29-19-5-6-19)12-20(30-24(17)32)18-10-21(35-14-18)25(34)26-7-4-8-31(2)3;1-12-13(8-21(30)25-12)6-14-10-24-29-20(26-16-2-3-16)9-18(28-22(14)29)15-7-19(32-11-15)23(31)27-17-4-5-17/h8-9,11-13,20,31H,1,6-7,10,14-15H2,2-5H3,(H,28,36)(H,30,35);10-11,13-15,20,29H,1,5-9,12H2,2-4H3,(H,28,34);9-10,12-14,19,29H,1,4-8,11H2,2-3H3,(H,26,34)(H,28,33);6-7,9-11,16-17,26H,1-5,8H2,(H,25,30)(H,27,31)/b17-8+;17-10+;16-9+;13-6+. The van der Waals surface area contributed by atoms with Crippen molar-refractivity contribution in [2.75, 3.05) is 110 Å². The molecule has 16 heterocycles. The summed E-state index contributed by atoms with van der Waals surface area (Å²) < 4.78 is 7.20. The van der Waals surface area contributed by atoms with Crippen molar-refractivity contribution in [2.45, 2.75) is 147 Å². The number of nitrogens with zero attached hydrogens (tertiary/aromatic N) is 16. The van der Waals surface area contributed by atoms with E-state index in [-0.39, 0.29) is 59.1 Å². The third-order valence-corrected chi connectivity index (χ3v) is 28.2. The van der Waals surface area contributed by atoms with Crippen LogP contribution in [0.3, 0.4) is 0 Å². The van der Waals surface area contributed by atoms with Crippen molar-refractivity contribution in [1.82, 2.24) is 115 Å². The molecule has 9 aliphatic rings. The van der Waals surface area contributed by atoms with Crippen molar-refractivity contribution in [1.29, 1.82) is 0 Å². The van der Waals surface area contributed by atoms with Crippen LogP contribution in [0.1, 0.15) is 178 Å². The topological polar surface area (TPSA) is 403 Å². The molecule has 0 bridgehead atoms. The number of aromatic nitrogens is 12. The van der Waals surface area contributed by atoms with Gasteiger partial charge in [-0.1, -0.05) is 40.2 Å². The summed E-state index contributed by atoms with van der Waals surface area (Å²) >= 11 is 5.69. The lowest BCUT2D eigenvalue weighted by atomic mass is 9.93. The molecule has 11 N–H and O–H groups in total. The zero-order valence-electron chi connectivity index (χ0n) is 79.9. The molecule has 0 spiro atoms. The molecule has 35 nitrogen and oxygen atoms in total. The van der Waals surface area contributed by atoms with Gasteiger partial charge in [0.2, 0.25) is 23.6 Å². The van der Waals surface area contributed by atoms with Crippen LogP contribution in [0.25, 0.3) is 91.9 Å². The number of fused-ring (bicyclic) bond motifs is 4. The highest BCUT2D eigenvalue weighted by Gasteiger charge is 2.33. The molecule has 0 unspecified atom stereocenters. The molecule has 726 valence electrons. The van der Waals surface area contributed by atoms with Crippen LogP contribution in [0.15, 0.2) is 166 Å². The van der Waals surface area contributed by atoms with Gasteiger partial charge in [-0.25, -0.2) is 19.9 Å². The summed E-state index contributed by atoms with van der Waals surface area (Å²) in [5.74, 6) is 3.06. The van der Waals surface area contributed by atoms with Crippen molar-refractivity contribution in [3.63, 3.8) is 0 Å². The van der Waals surface area contributed by atoms with Gasteiger partial charge in [0, 0.05) is 177 Å². The average Bonchev–Trinajstić information content (AvgIpc) is 1.64. The maximum Gasteiger partial charge on any atom is 0.263 e. The number of rotatable bonds is 33. The Balaban J connectivity index is 0.000000124. The third kappa shape index (κ3) is 23.8. The van der Waals surface area contributed by atoms with Gasteiger partial charge >= 0.3 is 0 Å². The molecule has 9 fully saturated rings. The van der Waals surface area contributed by atoms with Gasteiger partial charge in [0.25, 0.3) is 23.6 Å². The summed E-state index contributed by atoms with van der Waals surface area (Å²) in [6, 6.07) is 17.6. The summed E-state index contributed by atoms with van der Waals surface area (Å²) in [5, 5.41) is 60.4. The maximum atomic E-state index is 13.0. The second-order valence-corrected chi connectivity index (χ2v) is 42.2. The zero-order chi connectivity index (χ0) is 98.1. The van der Waals surface area contributed by atoms with Crippen molar-refractivity contribution in [3.05, 3.63) is 208 Å². The fourth-order valence-corrected chi connectivity index (χ4v) is 19.8. The van der Waals surface area contributed by atoms with Crippen molar-refractivity contribution in [2.24, 2.45) is 5.41 Å². The molecule has 4 aliphatic heterocycles. The summed E-state index contributed by atoms with van der Waals surface area (Å²) in [5.41, 5.74) is 18.4. The van der Waals surface area contributed by atoms with Gasteiger partial charge in [0.05, 0.1) is 92.8 Å². The fourth-order valence-electron chi connectivity index (χ4n) is 16.4. The predicted octanol–water partition coefficient (Wildman–Crippen LogP) is 13.7. The van der Waals surface area contributed by atoms with E-state index in [0.29, 0.717) is 134 Å². The van der Waals surface area contributed by atoms with E-state index in [1.807, 2.05) is 144 Å². The minimum absolute atomic E-state index is 0.0205. The Labute approximate surface area is 826 Å². The van der Waals surface area contributed by atoms with Crippen LogP contribution < -0.4 is 58.5 Å². The Bertz CT molecular complexity index is 7080. The molecule has 5 aliphatic carbocycles. The van der Waals surface area contributed by atoms with Crippen LogP contribution in [0.5, 0.6) is 0 Å². The molecular weight excluding hydrogens is 1850 g/mol. The van der Waals surface area contributed by atoms with E-state index in [1.54, 1.807) is 47.7 Å². The molecule has 0 atom stereocenters. The minimum Gasteiger partial charge on any atom is -0.367 e. The molecule has 4 saturated heterocycles. The van der Waals surface area contributed by atoms with Crippen molar-refractivity contribution < 1.29 is 38.4 Å². The predicted molar refractivity (Wildman–Crippen MR) is 552 cm³/mol. The second kappa shape index (κ2) is 41.2. The highest BCUT2D eigenvalue weighted by atomic mass is 32.1. The molecule has 8 amide bonds. The van der Waals surface area contributed by atoms with E-state index < -0.39 is 0 Å². The molecule has 0 radical (unpaired) electrons. The van der Waals surface area contributed by atoms with Gasteiger partial charge < -0.3 is 78.1 Å². The van der Waals surface area contributed by atoms with E-state index >= 15 is 0 Å². The van der Waals surface area contributed by atoms with Crippen LogP contribution >= 0.6 is 45.3 Å². The number of carbonyl (C=O) groups excluding carboxylic acids is 8. The zero-order valence-corrected chi connectivity index (χ0v) is 83.1. The van der Waals surface area contributed by atoms with Gasteiger partial charge in [-0.05, 0) is 209 Å². The minimum atomic E-state index is -0.0767. The average molecular weight is 1960 g/mol. The first-order valence-electron chi connectivity index (χ1n) is 47.1. The number of thiophene rings is 4. The Hall–Kier alpha value is -14.0. The SMILES string of the molecule is C=C1NC(=O)C/C1=C\c1cnn2c(NC3CC3)cc(-c3csc(C(=O)N(C)CCCN(C)C)c3)nc12.C=C1NC(=O)C/C1=C\c1cnn2c(NC3CC3)cc(-c3csc(C(=O)NC4CC4)c3)nc12.C=C1NC(=O)C/C1=C\c1cnn2c(NC3CC3)cc(-c3csc(C(=O)NCC(C)(C)CN(C)C)c3)nc12.C=C1NC(=O)C/C1=C\c1cnn2c(NC3CC3)cc(-c3csc(C(=O)NCCCN(C)C)c3)nc12. The van der Waals surface area contributed by atoms with Gasteiger partial charge in [-0.3, -0.25) is 38.4 Å². The number of allylic oxidation sites excluding steroid dienone is 4. The molecule has 0 aromatic carbocycles. The van der Waals surface area contributed by atoms with Crippen LogP contribution in [-0.4, -0.2) is 244 Å². The lowest BCUT2D eigenvalue weighted by Crippen LogP contribution is -2.39. The molecule has 21 rings (SSSR count). The van der Waals surface area contributed by atoms with E-state index in [4.69, 9.17) is 19.9 Å². The number of nitrogens with one attached hydrogen (secondary N) is 11. The van der Waals surface area contributed by atoms with Gasteiger partial charge in [-0.2, -0.15) is 38.5 Å². The van der Waals surface area contributed by atoms with Gasteiger partial charge in [0.15, 0.2) is 22.6 Å².